The van der Waals surface area contributed by atoms with Crippen molar-refractivity contribution in [2.75, 3.05) is 6.54 Å². The second-order valence-electron chi connectivity index (χ2n) is 4.59. The average Bonchev–Trinajstić information content (AvgIpc) is 2.20. The van der Waals surface area contributed by atoms with Gasteiger partial charge in [0, 0.05) is 16.0 Å². The summed E-state index contributed by atoms with van der Waals surface area (Å²) in [5, 5.41) is 4.26. The van der Waals surface area contributed by atoms with Gasteiger partial charge in [-0.15, -0.1) is 0 Å². The van der Waals surface area contributed by atoms with E-state index in [1.807, 2.05) is 12.1 Å². The van der Waals surface area contributed by atoms with Gasteiger partial charge in [0.15, 0.2) is 0 Å². The monoisotopic (exact) mass is 303 g/mol. The van der Waals surface area contributed by atoms with E-state index in [0.29, 0.717) is 11.8 Å². The lowest BCUT2D eigenvalue weighted by Gasteiger charge is -2.16. The summed E-state index contributed by atoms with van der Waals surface area (Å²) in [6.45, 7) is 8.63. The molecular formula is C13H19BrClN. The van der Waals surface area contributed by atoms with Crippen molar-refractivity contribution < 1.29 is 0 Å². The summed E-state index contributed by atoms with van der Waals surface area (Å²) in [7, 11) is 0. The Kier molecular flexibility index (Phi) is 5.81. The van der Waals surface area contributed by atoms with E-state index in [0.717, 1.165) is 28.1 Å². The lowest BCUT2D eigenvalue weighted by atomic mass is 9.98. The molecule has 0 radical (unpaired) electrons. The molecule has 1 aromatic rings. The van der Waals surface area contributed by atoms with Crippen LogP contribution in [0.2, 0.25) is 5.02 Å². The van der Waals surface area contributed by atoms with Gasteiger partial charge in [-0.05, 0) is 36.1 Å². The van der Waals surface area contributed by atoms with Crippen LogP contribution in [0.25, 0.3) is 0 Å². The highest BCUT2D eigenvalue weighted by Gasteiger charge is 2.07. The molecule has 1 N–H and O–H groups in total. The molecule has 0 fully saturated rings. The molecule has 90 valence electrons. The Balaban J connectivity index is 2.43. The predicted octanol–water partition coefficient (Wildman–Crippen LogP) is 4.48. The summed E-state index contributed by atoms with van der Waals surface area (Å²) >= 11 is 9.54. The maximum atomic E-state index is 6.14. The summed E-state index contributed by atoms with van der Waals surface area (Å²) in [6, 6.07) is 6.01. The zero-order chi connectivity index (χ0) is 12.1. The Morgan fingerprint density at radius 3 is 2.56 bits per heavy atom. The highest BCUT2D eigenvalue weighted by Crippen LogP contribution is 2.21. The molecule has 1 unspecified atom stereocenters. The van der Waals surface area contributed by atoms with Crippen LogP contribution in [0.1, 0.15) is 26.3 Å². The Morgan fingerprint density at radius 1 is 1.31 bits per heavy atom. The fraction of sp³-hybridized carbons (Fsp3) is 0.538. The smallest absolute Gasteiger partial charge is 0.0462 e. The van der Waals surface area contributed by atoms with Gasteiger partial charge in [0.25, 0.3) is 0 Å². The molecule has 0 spiro atoms. The Hall–Kier alpha value is -0.0500. The van der Waals surface area contributed by atoms with E-state index in [4.69, 9.17) is 11.6 Å². The van der Waals surface area contributed by atoms with Gasteiger partial charge in [0.05, 0.1) is 0 Å². The molecule has 0 aliphatic rings. The van der Waals surface area contributed by atoms with Crippen LogP contribution in [-0.2, 0) is 6.54 Å². The molecular weight excluding hydrogens is 286 g/mol. The number of hydrogen-bond acceptors (Lipinski definition) is 1. The third-order valence-corrected chi connectivity index (χ3v) is 3.78. The van der Waals surface area contributed by atoms with Crippen molar-refractivity contribution in [3.8, 4) is 0 Å². The van der Waals surface area contributed by atoms with Gasteiger partial charge in [0.2, 0.25) is 0 Å². The third-order valence-electron chi connectivity index (χ3n) is 2.93. The number of benzene rings is 1. The molecule has 0 aliphatic carbocycles. The topological polar surface area (TPSA) is 12.0 Å². The summed E-state index contributed by atoms with van der Waals surface area (Å²) in [6.07, 6.45) is 0. The van der Waals surface area contributed by atoms with Crippen LogP contribution in [0.3, 0.4) is 0 Å². The second kappa shape index (κ2) is 6.63. The largest absolute Gasteiger partial charge is 0.312 e. The lowest BCUT2D eigenvalue weighted by molar-refractivity contribution is 0.392. The van der Waals surface area contributed by atoms with Crippen LogP contribution in [0.5, 0.6) is 0 Å². The van der Waals surface area contributed by atoms with Crippen molar-refractivity contribution in [3.63, 3.8) is 0 Å². The van der Waals surface area contributed by atoms with Gasteiger partial charge < -0.3 is 5.32 Å². The average molecular weight is 305 g/mol. The first-order valence-electron chi connectivity index (χ1n) is 5.65. The summed E-state index contributed by atoms with van der Waals surface area (Å²) in [5.41, 5.74) is 1.15. The van der Waals surface area contributed by atoms with Crippen LogP contribution >= 0.6 is 27.5 Å². The fourth-order valence-corrected chi connectivity index (χ4v) is 2.08. The molecule has 1 rings (SSSR count). The molecule has 16 heavy (non-hydrogen) atoms. The van der Waals surface area contributed by atoms with Gasteiger partial charge in [-0.1, -0.05) is 54.4 Å². The van der Waals surface area contributed by atoms with Crippen LogP contribution in [0.15, 0.2) is 22.7 Å². The van der Waals surface area contributed by atoms with E-state index >= 15 is 0 Å². The fourth-order valence-electron chi connectivity index (χ4n) is 1.34. The summed E-state index contributed by atoms with van der Waals surface area (Å²) < 4.78 is 1.02. The number of rotatable bonds is 5. The van der Waals surface area contributed by atoms with Gasteiger partial charge in [-0.25, -0.2) is 0 Å². The molecule has 0 aliphatic heterocycles. The van der Waals surface area contributed by atoms with Gasteiger partial charge >= 0.3 is 0 Å². The summed E-state index contributed by atoms with van der Waals surface area (Å²) in [5.74, 6) is 1.40. The van der Waals surface area contributed by atoms with Crippen molar-refractivity contribution in [1.29, 1.82) is 0 Å². The molecule has 0 saturated heterocycles. The quantitative estimate of drug-likeness (QED) is 0.845. The molecule has 0 amide bonds. The minimum absolute atomic E-state index is 0.689. The molecule has 0 heterocycles. The Bertz CT molecular complexity index is 339. The zero-order valence-electron chi connectivity index (χ0n) is 10.1. The molecule has 0 bridgehead atoms. The normalized spacial score (nSPS) is 13.1. The van der Waals surface area contributed by atoms with E-state index in [1.165, 1.54) is 0 Å². The highest BCUT2D eigenvalue weighted by atomic mass is 79.9. The van der Waals surface area contributed by atoms with Crippen LogP contribution < -0.4 is 5.32 Å². The van der Waals surface area contributed by atoms with Gasteiger partial charge in [0.1, 0.15) is 0 Å². The van der Waals surface area contributed by atoms with Crippen molar-refractivity contribution in [3.05, 3.63) is 33.3 Å². The summed E-state index contributed by atoms with van der Waals surface area (Å²) in [4.78, 5) is 0. The van der Waals surface area contributed by atoms with Crippen LogP contribution in [0.4, 0.5) is 0 Å². The predicted molar refractivity (Wildman–Crippen MR) is 74.9 cm³/mol. The van der Waals surface area contributed by atoms with Crippen molar-refractivity contribution in [1.82, 2.24) is 5.32 Å². The number of nitrogens with one attached hydrogen (secondary N) is 1. The Morgan fingerprint density at radius 2 is 2.00 bits per heavy atom. The SMILES string of the molecule is CC(C)C(C)CNCc1ccc(Br)cc1Cl. The van der Waals surface area contributed by atoms with Crippen molar-refractivity contribution >= 4 is 27.5 Å². The van der Waals surface area contributed by atoms with Gasteiger partial charge in [-0.2, -0.15) is 0 Å². The molecule has 1 nitrogen and oxygen atoms in total. The molecule has 1 aromatic carbocycles. The third kappa shape index (κ3) is 4.44. The van der Waals surface area contributed by atoms with E-state index in [1.54, 1.807) is 0 Å². The molecule has 0 aromatic heterocycles. The first-order chi connectivity index (χ1) is 7.50. The molecule has 1 atom stereocenters. The maximum absolute atomic E-state index is 6.14. The minimum atomic E-state index is 0.689. The highest BCUT2D eigenvalue weighted by molar-refractivity contribution is 9.10. The van der Waals surface area contributed by atoms with Gasteiger partial charge in [-0.3, -0.25) is 0 Å². The van der Waals surface area contributed by atoms with E-state index in [9.17, 15) is 0 Å². The first-order valence-corrected chi connectivity index (χ1v) is 6.82. The van der Waals surface area contributed by atoms with Crippen molar-refractivity contribution in [2.45, 2.75) is 27.3 Å². The minimum Gasteiger partial charge on any atom is -0.312 e. The standard InChI is InChI=1S/C13H19BrClN/c1-9(2)10(3)7-16-8-11-4-5-12(14)6-13(11)15/h4-6,9-10,16H,7-8H2,1-3H3. The second-order valence-corrected chi connectivity index (χ2v) is 5.91. The van der Waals surface area contributed by atoms with Crippen molar-refractivity contribution in [2.24, 2.45) is 11.8 Å². The zero-order valence-corrected chi connectivity index (χ0v) is 12.4. The number of halogens is 2. The van der Waals surface area contributed by atoms with Crippen LogP contribution in [-0.4, -0.2) is 6.54 Å². The Labute approximate surface area is 112 Å². The van der Waals surface area contributed by atoms with E-state index < -0.39 is 0 Å². The molecule has 0 saturated carbocycles. The van der Waals surface area contributed by atoms with E-state index in [-0.39, 0.29) is 0 Å². The first kappa shape index (κ1) is 14.0. The lowest BCUT2D eigenvalue weighted by Crippen LogP contribution is -2.23. The maximum Gasteiger partial charge on any atom is 0.0462 e. The van der Waals surface area contributed by atoms with E-state index in [2.05, 4.69) is 48.1 Å². The van der Waals surface area contributed by atoms with Crippen LogP contribution in [0, 0.1) is 11.8 Å². The number of hydrogen-bond donors (Lipinski definition) is 1. The molecule has 3 heteroatoms.